The van der Waals surface area contributed by atoms with Gasteiger partial charge in [0.15, 0.2) is 0 Å². The van der Waals surface area contributed by atoms with E-state index in [9.17, 15) is 0 Å². The van der Waals surface area contributed by atoms with Crippen LogP contribution in [-0.4, -0.2) is 13.2 Å². The van der Waals surface area contributed by atoms with Crippen LogP contribution in [0.15, 0.2) is 0 Å². The molecular weight excluding hydrogens is 100 g/mol. The summed E-state index contributed by atoms with van der Waals surface area (Å²) in [5.41, 5.74) is 5.55. The highest BCUT2D eigenvalue weighted by atomic mass is 15.0. The Morgan fingerprint density at radius 3 is 2.62 bits per heavy atom. The lowest BCUT2D eigenvalue weighted by atomic mass is 10.2. The normalized spacial score (nSPS) is 13.9. The van der Waals surface area contributed by atoms with E-state index in [1.807, 2.05) is 7.05 Å². The lowest BCUT2D eigenvalue weighted by Crippen LogP contribution is -2.33. The molecule has 0 fully saturated rings. The van der Waals surface area contributed by atoms with Crippen LogP contribution in [0.4, 0.5) is 0 Å². The van der Waals surface area contributed by atoms with Crippen molar-refractivity contribution in [2.45, 2.75) is 32.4 Å². The summed E-state index contributed by atoms with van der Waals surface area (Å²) in [4.78, 5) is 0. The lowest BCUT2D eigenvalue weighted by Gasteiger charge is -2.07. The van der Waals surface area contributed by atoms with Crippen molar-refractivity contribution in [2.75, 3.05) is 7.05 Å². The van der Waals surface area contributed by atoms with Gasteiger partial charge >= 0.3 is 0 Å². The monoisotopic (exact) mass is 116 g/mol. The first kappa shape index (κ1) is 7.92. The van der Waals surface area contributed by atoms with Crippen LogP contribution in [0.2, 0.25) is 0 Å². The Morgan fingerprint density at radius 1 is 1.62 bits per heavy atom. The minimum Gasteiger partial charge on any atom is -0.316 e. The molecule has 0 aliphatic heterocycles. The highest BCUT2D eigenvalue weighted by molar-refractivity contribution is 4.52. The van der Waals surface area contributed by atoms with Gasteiger partial charge in [0.1, 0.15) is 0 Å². The molecule has 3 N–H and O–H groups in total. The number of hydrogen-bond donors (Lipinski definition) is 2. The molecule has 0 bridgehead atoms. The van der Waals surface area contributed by atoms with E-state index < -0.39 is 0 Å². The topological polar surface area (TPSA) is 38.0 Å². The molecule has 0 heterocycles. The van der Waals surface area contributed by atoms with E-state index in [-0.39, 0.29) is 6.17 Å². The third kappa shape index (κ3) is 4.09. The molecule has 0 aromatic rings. The van der Waals surface area contributed by atoms with Gasteiger partial charge in [0.05, 0.1) is 6.17 Å². The molecule has 0 amide bonds. The highest BCUT2D eigenvalue weighted by Crippen LogP contribution is 1.93. The molecule has 0 aliphatic rings. The first-order chi connectivity index (χ1) is 3.81. The number of rotatable bonds is 4. The van der Waals surface area contributed by atoms with Gasteiger partial charge in [-0.05, 0) is 13.5 Å². The first-order valence-electron chi connectivity index (χ1n) is 3.24. The van der Waals surface area contributed by atoms with E-state index >= 15 is 0 Å². The molecule has 2 nitrogen and oxygen atoms in total. The van der Waals surface area contributed by atoms with Crippen LogP contribution in [0.25, 0.3) is 0 Å². The number of hydrogen-bond acceptors (Lipinski definition) is 2. The van der Waals surface area contributed by atoms with Crippen LogP contribution < -0.4 is 11.1 Å². The molecule has 1 atom stereocenters. The SMILES string of the molecule is CCCCC(N)NC. The van der Waals surface area contributed by atoms with Gasteiger partial charge in [0, 0.05) is 0 Å². The van der Waals surface area contributed by atoms with Crippen molar-refractivity contribution >= 4 is 0 Å². The molecule has 0 saturated carbocycles. The molecule has 0 aromatic carbocycles. The maximum Gasteiger partial charge on any atom is 0.0543 e. The van der Waals surface area contributed by atoms with Crippen LogP contribution in [0, 0.1) is 0 Å². The molecule has 0 rings (SSSR count). The van der Waals surface area contributed by atoms with E-state index in [0.717, 1.165) is 6.42 Å². The molecular formula is C6H16N2. The second-order valence-corrected chi connectivity index (χ2v) is 2.04. The zero-order chi connectivity index (χ0) is 6.41. The first-order valence-corrected chi connectivity index (χ1v) is 3.24. The zero-order valence-electron chi connectivity index (χ0n) is 5.78. The predicted molar refractivity (Wildman–Crippen MR) is 36.6 cm³/mol. The minimum absolute atomic E-state index is 0.204. The van der Waals surface area contributed by atoms with Gasteiger partial charge in [0.25, 0.3) is 0 Å². The van der Waals surface area contributed by atoms with Crippen molar-refractivity contribution in [3.05, 3.63) is 0 Å². The number of nitrogens with one attached hydrogen (secondary N) is 1. The van der Waals surface area contributed by atoms with Gasteiger partial charge in [-0.3, -0.25) is 0 Å². The Kier molecular flexibility index (Phi) is 5.01. The molecule has 50 valence electrons. The second-order valence-electron chi connectivity index (χ2n) is 2.04. The van der Waals surface area contributed by atoms with Crippen molar-refractivity contribution in [3.8, 4) is 0 Å². The molecule has 1 unspecified atom stereocenters. The molecule has 0 saturated heterocycles. The molecule has 2 heteroatoms. The average molecular weight is 116 g/mol. The Labute approximate surface area is 51.5 Å². The van der Waals surface area contributed by atoms with Crippen molar-refractivity contribution in [1.82, 2.24) is 5.32 Å². The quantitative estimate of drug-likeness (QED) is 0.530. The fourth-order valence-corrected chi connectivity index (χ4v) is 0.568. The van der Waals surface area contributed by atoms with Gasteiger partial charge in [-0.1, -0.05) is 19.8 Å². The lowest BCUT2D eigenvalue weighted by molar-refractivity contribution is 0.517. The summed E-state index contributed by atoms with van der Waals surface area (Å²) < 4.78 is 0. The molecule has 0 aromatic heterocycles. The van der Waals surface area contributed by atoms with Crippen molar-refractivity contribution in [1.29, 1.82) is 0 Å². The Bertz CT molecular complexity index is 45.8. The van der Waals surface area contributed by atoms with E-state index in [1.165, 1.54) is 12.8 Å². The van der Waals surface area contributed by atoms with Crippen molar-refractivity contribution in [2.24, 2.45) is 5.73 Å². The van der Waals surface area contributed by atoms with E-state index in [2.05, 4.69) is 12.2 Å². The Hall–Kier alpha value is -0.0800. The minimum atomic E-state index is 0.204. The summed E-state index contributed by atoms with van der Waals surface area (Å²) in [6, 6.07) is 0. The summed E-state index contributed by atoms with van der Waals surface area (Å²) >= 11 is 0. The molecule has 0 aliphatic carbocycles. The molecule has 0 radical (unpaired) electrons. The summed E-state index contributed by atoms with van der Waals surface area (Å²) in [7, 11) is 1.89. The average Bonchev–Trinajstić information content (AvgIpc) is 1.83. The fraction of sp³-hybridized carbons (Fsp3) is 1.00. The maximum absolute atomic E-state index is 5.55. The zero-order valence-corrected chi connectivity index (χ0v) is 5.78. The van der Waals surface area contributed by atoms with Crippen LogP contribution in [-0.2, 0) is 0 Å². The van der Waals surface area contributed by atoms with Gasteiger partial charge < -0.3 is 11.1 Å². The molecule has 0 spiro atoms. The van der Waals surface area contributed by atoms with Crippen LogP contribution in [0.5, 0.6) is 0 Å². The van der Waals surface area contributed by atoms with Gasteiger partial charge in [-0.15, -0.1) is 0 Å². The Morgan fingerprint density at radius 2 is 2.25 bits per heavy atom. The van der Waals surface area contributed by atoms with Gasteiger partial charge in [0.2, 0.25) is 0 Å². The summed E-state index contributed by atoms with van der Waals surface area (Å²) in [5, 5.41) is 2.98. The standard InChI is InChI=1S/C6H16N2/c1-3-4-5-6(7)8-2/h6,8H,3-5,7H2,1-2H3. The fourth-order valence-electron chi connectivity index (χ4n) is 0.568. The number of nitrogens with two attached hydrogens (primary N) is 1. The summed E-state index contributed by atoms with van der Waals surface area (Å²) in [6.45, 7) is 2.17. The third-order valence-electron chi connectivity index (χ3n) is 1.24. The van der Waals surface area contributed by atoms with Crippen molar-refractivity contribution in [3.63, 3.8) is 0 Å². The Balaban J connectivity index is 2.86. The van der Waals surface area contributed by atoms with Crippen LogP contribution in [0.1, 0.15) is 26.2 Å². The maximum atomic E-state index is 5.55. The summed E-state index contributed by atoms with van der Waals surface area (Å²) in [5.74, 6) is 0. The van der Waals surface area contributed by atoms with Gasteiger partial charge in [-0.2, -0.15) is 0 Å². The highest BCUT2D eigenvalue weighted by Gasteiger charge is 1.93. The molecule has 8 heavy (non-hydrogen) atoms. The second kappa shape index (κ2) is 5.06. The van der Waals surface area contributed by atoms with E-state index in [1.54, 1.807) is 0 Å². The van der Waals surface area contributed by atoms with E-state index in [4.69, 9.17) is 5.73 Å². The van der Waals surface area contributed by atoms with Crippen molar-refractivity contribution < 1.29 is 0 Å². The van der Waals surface area contributed by atoms with Crippen LogP contribution >= 0.6 is 0 Å². The van der Waals surface area contributed by atoms with Crippen LogP contribution in [0.3, 0.4) is 0 Å². The van der Waals surface area contributed by atoms with E-state index in [0.29, 0.717) is 0 Å². The van der Waals surface area contributed by atoms with Gasteiger partial charge in [-0.25, -0.2) is 0 Å². The third-order valence-corrected chi connectivity index (χ3v) is 1.24. The predicted octanol–water partition coefficient (Wildman–Crippen LogP) is 0.681. The number of unbranched alkanes of at least 4 members (excludes halogenated alkanes) is 1. The largest absolute Gasteiger partial charge is 0.316 e. The summed E-state index contributed by atoms with van der Waals surface area (Å²) in [6.07, 6.45) is 3.75. The smallest absolute Gasteiger partial charge is 0.0543 e.